The first kappa shape index (κ1) is 24.5. The molecule has 0 spiro atoms. The fourth-order valence-electron chi connectivity index (χ4n) is 1.38. The summed E-state index contributed by atoms with van der Waals surface area (Å²) in [5, 5.41) is 10.3. The number of aliphatic hydroxyl groups excluding tert-OH is 1. The van der Waals surface area contributed by atoms with Gasteiger partial charge in [0.2, 0.25) is 0 Å². The second-order valence-corrected chi connectivity index (χ2v) is 5.75. The molecule has 0 heterocycles. The predicted octanol–water partition coefficient (Wildman–Crippen LogP) is 2.62. The van der Waals surface area contributed by atoms with Gasteiger partial charge in [0, 0.05) is 7.11 Å². The van der Waals surface area contributed by atoms with Crippen molar-refractivity contribution in [2.45, 2.75) is 52.4 Å². The molecule has 0 aliphatic rings. The molecule has 2 N–H and O–H groups in total. The van der Waals surface area contributed by atoms with Gasteiger partial charge in [-0.2, -0.15) is 0 Å². The summed E-state index contributed by atoms with van der Waals surface area (Å²) in [7, 11) is 1.00. The van der Waals surface area contributed by atoms with Crippen molar-refractivity contribution >= 4 is 9.81 Å². The van der Waals surface area contributed by atoms with Crippen molar-refractivity contribution in [2.24, 2.45) is 0 Å². The number of hydrogen-bond donors (Lipinski definition) is 2. The third kappa shape index (κ3) is 26.1. The van der Waals surface area contributed by atoms with Crippen molar-refractivity contribution in [3.05, 3.63) is 12.2 Å². The summed E-state index contributed by atoms with van der Waals surface area (Å²) >= 11 is 1.52. The van der Waals surface area contributed by atoms with Crippen molar-refractivity contribution in [1.29, 1.82) is 0 Å². The Morgan fingerprint density at radius 1 is 1.20 bits per heavy atom. The molecule has 0 fully saturated rings. The SMILES string of the molecule is C#C.CCCCCCC[C](=[W])NC/C=C/C(C)=O.CO. The van der Waals surface area contributed by atoms with E-state index in [1.165, 1.54) is 61.9 Å². The average molecular weight is 451 g/mol. The van der Waals surface area contributed by atoms with Gasteiger partial charge in [0.05, 0.1) is 0 Å². The zero-order chi connectivity index (χ0) is 16.2. The Morgan fingerprint density at radius 2 is 1.75 bits per heavy atom. The molecule has 0 unspecified atom stereocenters. The van der Waals surface area contributed by atoms with Gasteiger partial charge >= 0.3 is 110 Å². The van der Waals surface area contributed by atoms with Gasteiger partial charge in [-0.05, 0) is 0 Å². The molecular weight excluding hydrogens is 422 g/mol. The minimum atomic E-state index is 0.117. The summed E-state index contributed by atoms with van der Waals surface area (Å²) in [6.07, 6.45) is 19.4. The maximum Gasteiger partial charge on any atom is 0.0319 e. The van der Waals surface area contributed by atoms with Gasteiger partial charge in [-0.25, -0.2) is 0 Å². The molecule has 0 aromatic carbocycles. The number of hydrogen-bond acceptors (Lipinski definition) is 3. The molecule has 0 amide bonds. The first-order valence-corrected chi connectivity index (χ1v) is 8.35. The molecule has 0 aliphatic heterocycles. The standard InChI is InChI=1S/C13H23NO.C2H2.CH4O.W/c1-3-4-5-6-7-8-11-14-12-9-10-13(2)15;2*1-2;/h9-10,14H,3-8,12H2,1-2H3;1-2H;2H,1H3;/b10-9+;;;. The number of aliphatic hydroxyl groups is 1. The van der Waals surface area contributed by atoms with Gasteiger partial charge in [0.25, 0.3) is 0 Å². The number of allylic oxidation sites excluding steroid dienone is 1. The van der Waals surface area contributed by atoms with Crippen molar-refractivity contribution in [2.75, 3.05) is 13.7 Å². The van der Waals surface area contributed by atoms with E-state index in [4.69, 9.17) is 5.11 Å². The number of ketones is 1. The van der Waals surface area contributed by atoms with Gasteiger partial charge in [-0.3, -0.25) is 0 Å². The van der Waals surface area contributed by atoms with E-state index in [2.05, 4.69) is 25.1 Å². The molecule has 0 saturated heterocycles. The topological polar surface area (TPSA) is 49.3 Å². The number of nitrogens with one attached hydrogen (secondary N) is 1. The molecule has 0 aromatic heterocycles. The number of rotatable bonds is 10. The Balaban J connectivity index is -0.000000656. The van der Waals surface area contributed by atoms with Crippen LogP contribution in [0.5, 0.6) is 0 Å². The van der Waals surface area contributed by atoms with Crippen LogP contribution in [0.25, 0.3) is 0 Å². The smallest absolute Gasteiger partial charge is 0.0319 e. The third-order valence-electron chi connectivity index (χ3n) is 2.28. The van der Waals surface area contributed by atoms with Crippen LogP contribution in [0.1, 0.15) is 52.4 Å². The molecule has 3 nitrogen and oxygen atoms in total. The number of unbranched alkanes of at least 4 members (excludes halogenated alkanes) is 4. The molecule has 4 heteroatoms. The van der Waals surface area contributed by atoms with Gasteiger partial charge < -0.3 is 5.11 Å². The fraction of sp³-hybridized carbons (Fsp3) is 0.625. The average Bonchev–Trinajstić information content (AvgIpc) is 2.47. The van der Waals surface area contributed by atoms with Crippen LogP contribution >= 0.6 is 0 Å². The predicted molar refractivity (Wildman–Crippen MR) is 84.2 cm³/mol. The van der Waals surface area contributed by atoms with E-state index in [1.807, 2.05) is 6.08 Å². The largest absolute Gasteiger partial charge is 0.400 e. The van der Waals surface area contributed by atoms with Crippen LogP contribution in [0.15, 0.2) is 12.2 Å². The first-order valence-electron chi connectivity index (χ1n) is 6.88. The van der Waals surface area contributed by atoms with Gasteiger partial charge in [0.1, 0.15) is 0 Å². The van der Waals surface area contributed by atoms with Crippen LogP contribution in [0, 0.1) is 12.8 Å². The first-order chi connectivity index (χ1) is 9.66. The normalized spacial score (nSPS) is 9.10. The van der Waals surface area contributed by atoms with Crippen LogP contribution in [0.2, 0.25) is 0 Å². The molecule has 0 bridgehead atoms. The monoisotopic (exact) mass is 451 g/mol. The van der Waals surface area contributed by atoms with Crippen LogP contribution in [-0.2, 0) is 24.1 Å². The molecular formula is C16H29NO2W. The molecule has 0 aliphatic carbocycles. The van der Waals surface area contributed by atoms with E-state index in [-0.39, 0.29) is 5.78 Å². The van der Waals surface area contributed by atoms with Crippen molar-refractivity contribution in [1.82, 2.24) is 5.32 Å². The molecule has 0 aromatic rings. The van der Waals surface area contributed by atoms with Crippen LogP contribution in [0.3, 0.4) is 0 Å². The Kier molecular flexibility index (Phi) is 28.8. The van der Waals surface area contributed by atoms with Crippen molar-refractivity contribution in [3.8, 4) is 12.8 Å². The molecule has 0 atom stereocenters. The van der Waals surface area contributed by atoms with Crippen molar-refractivity contribution < 1.29 is 29.3 Å². The second kappa shape index (κ2) is 23.5. The molecule has 0 rings (SSSR count). The quantitative estimate of drug-likeness (QED) is 0.305. The van der Waals surface area contributed by atoms with E-state index in [9.17, 15) is 4.79 Å². The number of carbonyl (C=O) groups is 1. The fourth-order valence-corrected chi connectivity index (χ4v) is 2.19. The number of carbonyl (C=O) groups excluding carboxylic acids is 1. The number of terminal acetylenes is 1. The van der Waals surface area contributed by atoms with E-state index in [0.29, 0.717) is 0 Å². The minimum absolute atomic E-state index is 0.117. The summed E-state index contributed by atoms with van der Waals surface area (Å²) in [6, 6.07) is 0. The summed E-state index contributed by atoms with van der Waals surface area (Å²) in [5.74, 6) is 0.117. The summed E-state index contributed by atoms with van der Waals surface area (Å²) in [4.78, 5) is 10.6. The Labute approximate surface area is 135 Å². The van der Waals surface area contributed by atoms with E-state index in [0.717, 1.165) is 13.7 Å². The van der Waals surface area contributed by atoms with Gasteiger partial charge in [0.15, 0.2) is 0 Å². The molecule has 20 heavy (non-hydrogen) atoms. The summed E-state index contributed by atoms with van der Waals surface area (Å²) in [6.45, 7) is 4.60. The van der Waals surface area contributed by atoms with E-state index >= 15 is 0 Å². The van der Waals surface area contributed by atoms with Gasteiger partial charge in [-0.15, -0.1) is 12.8 Å². The zero-order valence-electron chi connectivity index (χ0n) is 13.0. The maximum atomic E-state index is 10.6. The summed E-state index contributed by atoms with van der Waals surface area (Å²) in [5.41, 5.74) is 0. The second-order valence-electron chi connectivity index (χ2n) is 3.98. The van der Waals surface area contributed by atoms with E-state index in [1.54, 1.807) is 13.0 Å². The Hall–Kier alpha value is -0.552. The van der Waals surface area contributed by atoms with Crippen LogP contribution in [-0.4, -0.2) is 28.6 Å². The Bertz CT molecular complexity index is 273. The molecule has 0 saturated carbocycles. The van der Waals surface area contributed by atoms with Crippen LogP contribution < -0.4 is 5.32 Å². The maximum absolute atomic E-state index is 10.6. The molecule has 0 radical (unpaired) electrons. The third-order valence-corrected chi connectivity index (χ3v) is 3.53. The zero-order valence-corrected chi connectivity index (χ0v) is 16.0. The summed E-state index contributed by atoms with van der Waals surface area (Å²) < 4.78 is 1.41. The van der Waals surface area contributed by atoms with Gasteiger partial charge in [-0.1, -0.05) is 0 Å². The minimum Gasteiger partial charge on any atom is -0.400 e. The Morgan fingerprint density at radius 3 is 2.25 bits per heavy atom. The van der Waals surface area contributed by atoms with Crippen LogP contribution in [0.4, 0.5) is 0 Å². The van der Waals surface area contributed by atoms with E-state index < -0.39 is 0 Å². The van der Waals surface area contributed by atoms with Crippen molar-refractivity contribution in [3.63, 3.8) is 0 Å². The molecule has 116 valence electrons.